The maximum Gasteiger partial charge on any atom is 0.0147 e. The van der Waals surface area contributed by atoms with Crippen LogP contribution < -0.4 is 0 Å². The molecule has 0 nitrogen and oxygen atoms in total. The summed E-state index contributed by atoms with van der Waals surface area (Å²) in [6.45, 7) is 18.5. The lowest BCUT2D eigenvalue weighted by Gasteiger charge is -2.42. The molecule has 0 heterocycles. The van der Waals surface area contributed by atoms with Crippen LogP contribution in [0.25, 0.3) is 0 Å². The Hall–Kier alpha value is -0.520. The van der Waals surface area contributed by atoms with Gasteiger partial charge >= 0.3 is 0 Å². The fraction of sp³-hybridized carbons (Fsp3) is 0.714. The molecule has 1 rings (SSSR count). The molecule has 80 valence electrons. The van der Waals surface area contributed by atoms with Crippen LogP contribution in [0.5, 0.6) is 0 Å². The molecule has 0 radical (unpaired) electrons. The predicted molar refractivity (Wildman–Crippen MR) is 64.3 cm³/mol. The Morgan fingerprint density at radius 3 is 1.21 bits per heavy atom. The summed E-state index contributed by atoms with van der Waals surface area (Å²) in [6.07, 6.45) is 0. The van der Waals surface area contributed by atoms with Gasteiger partial charge in [0.25, 0.3) is 0 Å². The Balaban J connectivity index is 3.42. The lowest BCUT2D eigenvalue weighted by molar-refractivity contribution is 0.200. The average Bonchev–Trinajstić information content (AvgIpc) is 2.21. The second-order valence-electron chi connectivity index (χ2n) is 5.88. The van der Waals surface area contributed by atoms with Gasteiger partial charge in [0, 0.05) is 5.41 Å². The number of rotatable bonds is 0. The van der Waals surface area contributed by atoms with Gasteiger partial charge in [-0.2, -0.15) is 0 Å². The third kappa shape index (κ3) is 1.20. The summed E-state index contributed by atoms with van der Waals surface area (Å²) in [4.78, 5) is 0. The van der Waals surface area contributed by atoms with Gasteiger partial charge in [0.15, 0.2) is 0 Å². The third-order valence-electron chi connectivity index (χ3n) is 4.69. The average molecular weight is 192 g/mol. The summed E-state index contributed by atoms with van der Waals surface area (Å²) in [5, 5.41) is 0. The Morgan fingerprint density at radius 1 is 0.786 bits per heavy atom. The Kier molecular flexibility index (Phi) is 2.46. The zero-order valence-corrected chi connectivity index (χ0v) is 11.0. The highest BCUT2D eigenvalue weighted by Gasteiger charge is 2.44. The molecule has 0 heteroatoms. The molecule has 1 aliphatic carbocycles. The highest BCUT2D eigenvalue weighted by Crippen LogP contribution is 2.56. The van der Waals surface area contributed by atoms with Crippen molar-refractivity contribution in [2.24, 2.45) is 10.8 Å². The quantitative estimate of drug-likeness (QED) is 0.520. The van der Waals surface area contributed by atoms with E-state index in [-0.39, 0.29) is 5.41 Å². The molecule has 0 aromatic carbocycles. The highest BCUT2D eigenvalue weighted by atomic mass is 14.5. The number of hydrogen-bond acceptors (Lipinski definition) is 0. The van der Waals surface area contributed by atoms with Gasteiger partial charge in [-0.3, -0.25) is 0 Å². The predicted octanol–water partition coefficient (Wildman–Crippen LogP) is 4.73. The van der Waals surface area contributed by atoms with Crippen molar-refractivity contribution in [3.63, 3.8) is 0 Å². The van der Waals surface area contributed by atoms with Crippen molar-refractivity contribution in [3.8, 4) is 0 Å². The maximum atomic E-state index is 2.39. The molecule has 0 bridgehead atoms. The van der Waals surface area contributed by atoms with Gasteiger partial charge < -0.3 is 0 Å². The normalized spacial score (nSPS) is 22.3. The lowest BCUT2D eigenvalue weighted by Crippen LogP contribution is -2.33. The third-order valence-corrected chi connectivity index (χ3v) is 4.69. The zero-order valence-electron chi connectivity index (χ0n) is 11.0. The fourth-order valence-electron chi connectivity index (χ4n) is 2.72. The summed E-state index contributed by atoms with van der Waals surface area (Å²) in [5.74, 6) is 0. The number of allylic oxidation sites excluding steroid dienone is 4. The van der Waals surface area contributed by atoms with Crippen molar-refractivity contribution in [1.82, 2.24) is 0 Å². The summed E-state index contributed by atoms with van der Waals surface area (Å²) in [6, 6.07) is 0. The van der Waals surface area contributed by atoms with Crippen molar-refractivity contribution < 1.29 is 0 Å². The molecule has 0 unspecified atom stereocenters. The minimum absolute atomic E-state index is 0.251. The molecule has 0 spiro atoms. The van der Waals surface area contributed by atoms with E-state index >= 15 is 0 Å². The number of hydrogen-bond donors (Lipinski definition) is 0. The van der Waals surface area contributed by atoms with E-state index in [9.17, 15) is 0 Å². The van der Waals surface area contributed by atoms with Gasteiger partial charge in [-0.25, -0.2) is 0 Å². The first-order valence-corrected chi connectivity index (χ1v) is 5.50. The van der Waals surface area contributed by atoms with Crippen LogP contribution in [0.15, 0.2) is 22.3 Å². The Bertz CT molecular complexity index is 294. The van der Waals surface area contributed by atoms with Crippen molar-refractivity contribution in [2.75, 3.05) is 0 Å². The Labute approximate surface area is 89.1 Å². The van der Waals surface area contributed by atoms with E-state index in [1.165, 1.54) is 11.1 Å². The summed E-state index contributed by atoms with van der Waals surface area (Å²) in [5.41, 5.74) is 6.67. The van der Waals surface area contributed by atoms with E-state index in [1.807, 2.05) is 0 Å². The smallest absolute Gasteiger partial charge is 0.0147 e. The van der Waals surface area contributed by atoms with Gasteiger partial charge in [-0.05, 0) is 44.3 Å². The molecule has 1 aliphatic rings. The van der Waals surface area contributed by atoms with E-state index < -0.39 is 0 Å². The molecular weight excluding hydrogens is 168 g/mol. The van der Waals surface area contributed by atoms with E-state index in [2.05, 4.69) is 55.4 Å². The molecule has 0 amide bonds. The van der Waals surface area contributed by atoms with Gasteiger partial charge in [0.1, 0.15) is 0 Å². The largest absolute Gasteiger partial charge is 0.0596 e. The highest BCUT2D eigenvalue weighted by molar-refractivity contribution is 5.51. The standard InChI is InChI=1S/C14H24/c1-9-10(2)12(4)14(8,11(9)3)13(5,6)7/h1-8H3. The summed E-state index contributed by atoms with van der Waals surface area (Å²) in [7, 11) is 0. The first-order valence-electron chi connectivity index (χ1n) is 5.50. The van der Waals surface area contributed by atoms with Gasteiger partial charge in [0.2, 0.25) is 0 Å². The molecule has 14 heavy (non-hydrogen) atoms. The van der Waals surface area contributed by atoms with Crippen LogP contribution in [0.2, 0.25) is 0 Å². The van der Waals surface area contributed by atoms with Crippen LogP contribution in [0.4, 0.5) is 0 Å². The van der Waals surface area contributed by atoms with Crippen molar-refractivity contribution in [1.29, 1.82) is 0 Å². The molecule has 0 aliphatic heterocycles. The minimum Gasteiger partial charge on any atom is -0.0596 e. The second-order valence-corrected chi connectivity index (χ2v) is 5.88. The SMILES string of the molecule is CC1=C(C)C(C)(C(C)(C)C)C(C)=C1C. The molecule has 0 atom stereocenters. The monoisotopic (exact) mass is 192 g/mol. The molecular formula is C14H24. The summed E-state index contributed by atoms with van der Waals surface area (Å²) < 4.78 is 0. The first kappa shape index (κ1) is 11.6. The van der Waals surface area contributed by atoms with Gasteiger partial charge in [-0.1, -0.05) is 38.8 Å². The van der Waals surface area contributed by atoms with Crippen LogP contribution in [-0.4, -0.2) is 0 Å². The molecule has 0 fully saturated rings. The second kappa shape index (κ2) is 2.98. The van der Waals surface area contributed by atoms with Crippen molar-refractivity contribution in [3.05, 3.63) is 22.3 Å². The molecule has 0 saturated carbocycles. The first-order chi connectivity index (χ1) is 6.14. The van der Waals surface area contributed by atoms with Crippen LogP contribution in [-0.2, 0) is 0 Å². The van der Waals surface area contributed by atoms with E-state index in [1.54, 1.807) is 11.1 Å². The van der Waals surface area contributed by atoms with Gasteiger partial charge in [-0.15, -0.1) is 0 Å². The van der Waals surface area contributed by atoms with Crippen molar-refractivity contribution >= 4 is 0 Å². The van der Waals surface area contributed by atoms with Crippen LogP contribution in [0.1, 0.15) is 55.4 Å². The molecule has 0 aromatic rings. The summed E-state index contributed by atoms with van der Waals surface area (Å²) >= 11 is 0. The van der Waals surface area contributed by atoms with E-state index in [4.69, 9.17) is 0 Å². The van der Waals surface area contributed by atoms with E-state index in [0.29, 0.717) is 5.41 Å². The zero-order chi connectivity index (χ0) is 11.3. The maximum absolute atomic E-state index is 2.39. The lowest BCUT2D eigenvalue weighted by atomic mass is 9.62. The topological polar surface area (TPSA) is 0 Å². The van der Waals surface area contributed by atoms with Crippen LogP contribution >= 0.6 is 0 Å². The van der Waals surface area contributed by atoms with Crippen LogP contribution in [0, 0.1) is 10.8 Å². The van der Waals surface area contributed by atoms with Crippen molar-refractivity contribution in [2.45, 2.75) is 55.4 Å². The Morgan fingerprint density at radius 2 is 1.07 bits per heavy atom. The molecule has 0 saturated heterocycles. The molecule has 0 aromatic heterocycles. The fourth-order valence-corrected chi connectivity index (χ4v) is 2.72. The van der Waals surface area contributed by atoms with E-state index in [0.717, 1.165) is 0 Å². The minimum atomic E-state index is 0.251. The molecule has 0 N–H and O–H groups in total. The van der Waals surface area contributed by atoms with Crippen LogP contribution in [0.3, 0.4) is 0 Å². The van der Waals surface area contributed by atoms with Gasteiger partial charge in [0.05, 0.1) is 0 Å².